The van der Waals surface area contributed by atoms with E-state index in [9.17, 15) is 19.5 Å². The number of carbonyl (C=O) groups excluding carboxylic acids is 3. The average molecular weight is 606 g/mol. The van der Waals surface area contributed by atoms with Gasteiger partial charge in [0.2, 0.25) is 11.8 Å². The Kier molecular flexibility index (Phi) is 9.69. The predicted octanol–water partition coefficient (Wildman–Crippen LogP) is 4.61. The highest BCUT2D eigenvalue weighted by atomic mass is 35.5. The molecule has 3 fully saturated rings. The number of para-hydroxylation sites is 1. The van der Waals surface area contributed by atoms with Crippen LogP contribution >= 0.6 is 11.6 Å². The Balaban J connectivity index is 1.51. The van der Waals surface area contributed by atoms with Gasteiger partial charge in [-0.2, -0.15) is 0 Å². The third kappa shape index (κ3) is 5.76. The SMILES string of the molecule is C=CCN(Cc1ccccc1)C(=O)[C@@H]1[C@@H]2CCC3(O2)C(C(=O)N(CC=C)c2ccccc2Cl)N(CCCCCO)C(=O)[C@H]13. The van der Waals surface area contributed by atoms with Gasteiger partial charge in [0.25, 0.3) is 5.91 Å². The minimum Gasteiger partial charge on any atom is -0.396 e. The number of rotatable bonds is 14. The molecule has 0 radical (unpaired) electrons. The lowest BCUT2D eigenvalue weighted by atomic mass is 9.70. The summed E-state index contributed by atoms with van der Waals surface area (Å²) in [6.45, 7) is 9.02. The molecule has 3 heterocycles. The number of benzene rings is 2. The summed E-state index contributed by atoms with van der Waals surface area (Å²) in [5.41, 5.74) is 0.387. The number of unbranched alkanes of at least 4 members (excludes halogenated alkanes) is 2. The zero-order valence-corrected chi connectivity index (χ0v) is 25.2. The van der Waals surface area contributed by atoms with E-state index in [0.29, 0.717) is 62.4 Å². The van der Waals surface area contributed by atoms with Crippen molar-refractivity contribution < 1.29 is 24.2 Å². The largest absolute Gasteiger partial charge is 0.396 e. The summed E-state index contributed by atoms with van der Waals surface area (Å²) in [5, 5.41) is 9.73. The molecule has 3 aliphatic heterocycles. The van der Waals surface area contributed by atoms with E-state index < -0.39 is 29.6 Å². The Morgan fingerprint density at radius 2 is 1.74 bits per heavy atom. The monoisotopic (exact) mass is 605 g/mol. The van der Waals surface area contributed by atoms with Crippen LogP contribution in [-0.2, 0) is 25.7 Å². The van der Waals surface area contributed by atoms with Crippen molar-refractivity contribution in [3.05, 3.63) is 90.5 Å². The quantitative estimate of drug-likeness (QED) is 0.251. The van der Waals surface area contributed by atoms with Crippen molar-refractivity contribution in [1.82, 2.24) is 9.80 Å². The fourth-order valence-electron chi connectivity index (χ4n) is 7.18. The van der Waals surface area contributed by atoms with Crippen LogP contribution in [0.2, 0.25) is 5.02 Å². The summed E-state index contributed by atoms with van der Waals surface area (Å²) in [6.07, 6.45) is 5.89. The van der Waals surface area contributed by atoms with E-state index in [1.165, 1.54) is 0 Å². The van der Waals surface area contributed by atoms with E-state index >= 15 is 0 Å². The van der Waals surface area contributed by atoms with E-state index in [0.717, 1.165) is 5.56 Å². The molecule has 3 saturated heterocycles. The molecule has 3 amide bonds. The summed E-state index contributed by atoms with van der Waals surface area (Å²) in [5.74, 6) is -2.15. The van der Waals surface area contributed by atoms with Crippen LogP contribution in [-0.4, -0.2) is 76.6 Å². The standard InChI is InChI=1S/C34H40ClN3O5/c1-3-19-36(23-24-13-7-5-8-14-24)31(40)28-27-17-18-34(43-27)29(28)32(41)38(21-11-6-12-22-39)30(34)33(42)37(20-4-2)26-16-10-9-15-25(26)35/h3-5,7-10,13-16,27-30,39H,1-2,6,11-12,17-23H2/t27-,28+,29-,30?,34?/m0/s1. The molecule has 3 aliphatic rings. The number of aliphatic hydroxyl groups is 1. The fourth-order valence-corrected chi connectivity index (χ4v) is 7.42. The predicted molar refractivity (Wildman–Crippen MR) is 166 cm³/mol. The smallest absolute Gasteiger partial charge is 0.253 e. The number of hydrogen-bond donors (Lipinski definition) is 1. The lowest BCUT2D eigenvalue weighted by Gasteiger charge is -2.37. The van der Waals surface area contributed by atoms with Crippen molar-refractivity contribution in [2.45, 2.75) is 56.4 Å². The molecule has 228 valence electrons. The number of halogens is 1. The molecule has 1 N–H and O–H groups in total. The number of fused-ring (bicyclic) bond motifs is 1. The number of carbonyl (C=O) groups is 3. The second kappa shape index (κ2) is 13.5. The number of likely N-dealkylation sites (tertiary alicyclic amines) is 1. The molecule has 2 aromatic carbocycles. The molecule has 5 rings (SSSR count). The molecule has 0 aliphatic carbocycles. The van der Waals surface area contributed by atoms with E-state index in [4.69, 9.17) is 16.3 Å². The maximum absolute atomic E-state index is 14.6. The Labute approximate surface area is 258 Å². The molecule has 5 atom stereocenters. The molecular formula is C34H40ClN3O5. The maximum atomic E-state index is 14.6. The van der Waals surface area contributed by atoms with Gasteiger partial charge < -0.3 is 24.5 Å². The molecule has 1 spiro atoms. The minimum absolute atomic E-state index is 0.0599. The summed E-state index contributed by atoms with van der Waals surface area (Å²) in [6, 6.07) is 15.9. The Morgan fingerprint density at radius 1 is 1.02 bits per heavy atom. The van der Waals surface area contributed by atoms with Crippen LogP contribution in [0.3, 0.4) is 0 Å². The fraction of sp³-hybridized carbons (Fsp3) is 0.441. The van der Waals surface area contributed by atoms with Crippen LogP contribution in [0.15, 0.2) is 79.9 Å². The molecule has 2 bridgehead atoms. The summed E-state index contributed by atoms with van der Waals surface area (Å²) in [4.78, 5) is 48.2. The summed E-state index contributed by atoms with van der Waals surface area (Å²) in [7, 11) is 0. The number of hydrogen-bond acceptors (Lipinski definition) is 5. The first-order chi connectivity index (χ1) is 20.9. The first-order valence-electron chi connectivity index (χ1n) is 15.1. The lowest BCUT2D eigenvalue weighted by molar-refractivity contribution is -0.145. The Morgan fingerprint density at radius 3 is 2.44 bits per heavy atom. The van der Waals surface area contributed by atoms with Crippen molar-refractivity contribution in [2.75, 3.05) is 31.1 Å². The second-order valence-electron chi connectivity index (χ2n) is 11.6. The summed E-state index contributed by atoms with van der Waals surface area (Å²) < 4.78 is 6.67. The molecule has 8 nitrogen and oxygen atoms in total. The third-order valence-corrected chi connectivity index (χ3v) is 9.29. The highest BCUT2D eigenvalue weighted by molar-refractivity contribution is 6.34. The number of nitrogens with zero attached hydrogens (tertiary/aromatic N) is 3. The first-order valence-corrected chi connectivity index (χ1v) is 15.4. The summed E-state index contributed by atoms with van der Waals surface area (Å²) >= 11 is 6.55. The minimum atomic E-state index is -1.12. The van der Waals surface area contributed by atoms with Gasteiger partial charge in [-0.15, -0.1) is 13.2 Å². The van der Waals surface area contributed by atoms with Gasteiger partial charge in [0.15, 0.2) is 0 Å². The van der Waals surface area contributed by atoms with Gasteiger partial charge in [-0.3, -0.25) is 14.4 Å². The number of anilines is 1. The molecule has 43 heavy (non-hydrogen) atoms. The lowest BCUT2D eigenvalue weighted by Crippen LogP contribution is -2.56. The number of ether oxygens (including phenoxy) is 1. The van der Waals surface area contributed by atoms with Gasteiger partial charge in [-0.25, -0.2) is 0 Å². The van der Waals surface area contributed by atoms with Gasteiger partial charge in [0.05, 0.1) is 28.6 Å². The Hall–Kier alpha value is -3.46. The Bertz CT molecular complexity index is 1350. The van der Waals surface area contributed by atoms with Gasteiger partial charge in [-0.05, 0) is 49.8 Å². The molecule has 9 heteroatoms. The third-order valence-electron chi connectivity index (χ3n) is 8.97. The van der Waals surface area contributed by atoms with Crippen LogP contribution in [0.25, 0.3) is 0 Å². The van der Waals surface area contributed by atoms with Crippen molar-refractivity contribution in [1.29, 1.82) is 0 Å². The highest BCUT2D eigenvalue weighted by Gasteiger charge is 2.74. The van der Waals surface area contributed by atoms with E-state index in [1.54, 1.807) is 45.1 Å². The van der Waals surface area contributed by atoms with E-state index in [2.05, 4.69) is 13.2 Å². The number of aliphatic hydroxyl groups excluding tert-OH is 1. The zero-order valence-electron chi connectivity index (χ0n) is 24.4. The molecule has 2 unspecified atom stereocenters. The van der Waals surface area contributed by atoms with Crippen LogP contribution in [0.1, 0.15) is 37.7 Å². The number of amides is 3. The van der Waals surface area contributed by atoms with E-state index in [-0.39, 0.29) is 30.9 Å². The van der Waals surface area contributed by atoms with Crippen LogP contribution < -0.4 is 4.90 Å². The van der Waals surface area contributed by atoms with Gasteiger partial charge in [-0.1, -0.05) is 66.2 Å². The molecule has 2 aromatic rings. The van der Waals surface area contributed by atoms with E-state index in [1.807, 2.05) is 36.4 Å². The van der Waals surface area contributed by atoms with Crippen molar-refractivity contribution in [3.8, 4) is 0 Å². The first kappa shape index (κ1) is 31.0. The van der Waals surface area contributed by atoms with Gasteiger partial charge >= 0.3 is 0 Å². The second-order valence-corrected chi connectivity index (χ2v) is 12.0. The topological polar surface area (TPSA) is 90.4 Å². The molecule has 0 aromatic heterocycles. The van der Waals surface area contributed by atoms with Crippen molar-refractivity contribution in [3.63, 3.8) is 0 Å². The van der Waals surface area contributed by atoms with Crippen LogP contribution in [0, 0.1) is 11.8 Å². The van der Waals surface area contributed by atoms with Gasteiger partial charge in [0, 0.05) is 32.8 Å². The normalized spacial score (nSPS) is 25.4. The molecule has 0 saturated carbocycles. The van der Waals surface area contributed by atoms with Crippen molar-refractivity contribution >= 4 is 35.0 Å². The van der Waals surface area contributed by atoms with Crippen LogP contribution in [0.4, 0.5) is 5.69 Å². The van der Waals surface area contributed by atoms with Crippen LogP contribution in [0.5, 0.6) is 0 Å². The van der Waals surface area contributed by atoms with Crippen molar-refractivity contribution in [2.24, 2.45) is 11.8 Å². The van der Waals surface area contributed by atoms with Gasteiger partial charge in [0.1, 0.15) is 11.6 Å². The maximum Gasteiger partial charge on any atom is 0.253 e. The average Bonchev–Trinajstić information content (AvgIpc) is 3.65. The molecular weight excluding hydrogens is 566 g/mol. The zero-order chi connectivity index (χ0) is 30.6. The highest BCUT2D eigenvalue weighted by Crippen LogP contribution is 2.59.